The fourth-order valence-corrected chi connectivity index (χ4v) is 4.06. The maximum Gasteiger partial charge on any atom is 0.00177 e. The molecule has 3 unspecified atom stereocenters. The van der Waals surface area contributed by atoms with Crippen molar-refractivity contribution in [2.45, 2.75) is 43.8 Å². The first-order valence-corrected chi connectivity index (χ1v) is 7.08. The normalized spacial score (nSPS) is 38.4. The number of hydrogen-bond acceptors (Lipinski definition) is 0. The van der Waals surface area contributed by atoms with Crippen LogP contribution in [0.3, 0.4) is 0 Å². The van der Waals surface area contributed by atoms with Gasteiger partial charge in [0, 0.05) is 5.25 Å². The second kappa shape index (κ2) is 3.53. The molecule has 0 aliphatic heterocycles. The predicted octanol–water partition coefficient (Wildman–Crippen LogP) is 3.29. The zero-order chi connectivity index (χ0) is 8.55. The Bertz CT molecular complexity index is 181. The first-order chi connectivity index (χ1) is 5.77. The maximum absolute atomic E-state index is 4.23. The molecule has 0 amide bonds. The van der Waals surface area contributed by atoms with Crippen molar-refractivity contribution < 1.29 is 0 Å². The molecule has 0 N–H and O–H groups in total. The molecule has 0 bridgehead atoms. The highest BCUT2D eigenvalue weighted by Gasteiger charge is 2.32. The summed E-state index contributed by atoms with van der Waals surface area (Å²) in [6.45, 7) is 0. The van der Waals surface area contributed by atoms with Gasteiger partial charge in [-0.2, -0.15) is 10.5 Å². The second-order valence-electron chi connectivity index (χ2n) is 4.60. The van der Waals surface area contributed by atoms with E-state index >= 15 is 0 Å². The molecule has 0 radical (unpaired) electrons. The van der Waals surface area contributed by atoms with Crippen molar-refractivity contribution in [1.82, 2.24) is 0 Å². The molecule has 0 spiro atoms. The molecule has 12 heavy (non-hydrogen) atoms. The zero-order valence-corrected chi connectivity index (χ0v) is 8.91. The van der Waals surface area contributed by atoms with Crippen LogP contribution < -0.4 is 0 Å². The summed E-state index contributed by atoms with van der Waals surface area (Å²) in [6.07, 6.45) is 11.4. The lowest BCUT2D eigenvalue weighted by atomic mass is 10.0. The first-order valence-electron chi connectivity index (χ1n) is 5.22. The molecule has 0 heterocycles. The van der Waals surface area contributed by atoms with Gasteiger partial charge in [0.2, 0.25) is 0 Å². The van der Waals surface area contributed by atoms with Gasteiger partial charge >= 0.3 is 0 Å². The zero-order valence-electron chi connectivity index (χ0n) is 8.09. The van der Waals surface area contributed by atoms with E-state index < -0.39 is 0 Å². The van der Waals surface area contributed by atoms with E-state index in [1.54, 1.807) is 0 Å². The molecule has 2 aliphatic rings. The molecule has 0 aromatic heterocycles. The molecule has 3 atom stereocenters. The molecule has 2 aliphatic carbocycles. The smallest absolute Gasteiger partial charge is 0.00177 e. The Kier molecular flexibility index (Phi) is 2.59. The van der Waals surface area contributed by atoms with Crippen molar-refractivity contribution in [3.8, 4) is 0 Å². The molecule has 2 rings (SSSR count). The molecular weight excluding hydrogens is 164 g/mol. The van der Waals surface area contributed by atoms with Crippen LogP contribution in [0.15, 0.2) is 0 Å². The van der Waals surface area contributed by atoms with Gasteiger partial charge in [0.15, 0.2) is 0 Å². The van der Waals surface area contributed by atoms with E-state index in [1.807, 2.05) is 0 Å². The van der Waals surface area contributed by atoms with Crippen molar-refractivity contribution in [3.63, 3.8) is 0 Å². The van der Waals surface area contributed by atoms with Crippen LogP contribution in [-0.2, 0) is 0 Å². The van der Waals surface area contributed by atoms with Crippen LogP contribution in [0.4, 0.5) is 0 Å². The minimum Gasteiger partial charge on any atom is -0.193 e. The second-order valence-corrected chi connectivity index (χ2v) is 6.59. The summed E-state index contributed by atoms with van der Waals surface area (Å²) in [4.78, 5) is 0. The summed E-state index contributed by atoms with van der Waals surface area (Å²) in [6, 6.07) is 0. The fourth-order valence-electron chi connectivity index (χ4n) is 2.58. The van der Waals surface area contributed by atoms with E-state index in [0.717, 1.165) is 17.1 Å². The fraction of sp³-hybridized carbons (Fsp3) is 0.909. The van der Waals surface area contributed by atoms with Gasteiger partial charge in [-0.25, -0.2) is 0 Å². The lowest BCUT2D eigenvalue weighted by molar-refractivity contribution is 0.479. The summed E-state index contributed by atoms with van der Waals surface area (Å²) < 4.78 is 0. The van der Waals surface area contributed by atoms with Crippen molar-refractivity contribution in [1.29, 1.82) is 0 Å². The van der Waals surface area contributed by atoms with Gasteiger partial charge in [-0.3, -0.25) is 0 Å². The van der Waals surface area contributed by atoms with E-state index in [0.29, 0.717) is 10.5 Å². The molecule has 0 aromatic rings. The van der Waals surface area contributed by atoms with Crippen LogP contribution >= 0.6 is 10.5 Å². The van der Waals surface area contributed by atoms with Crippen LogP contribution in [0.25, 0.3) is 0 Å². The Labute approximate surface area is 78.7 Å². The van der Waals surface area contributed by atoms with E-state index in [4.69, 9.17) is 0 Å². The standard InChI is InChI=1S/C11H20S/c1-12(2)11-5-3-4-10(11)8-9-6-7-9/h9-11H,1,3-8H2,2H3. The maximum atomic E-state index is 4.23. The molecule has 2 fully saturated rings. The first kappa shape index (κ1) is 8.80. The van der Waals surface area contributed by atoms with Crippen LogP contribution in [0.2, 0.25) is 0 Å². The highest BCUT2D eigenvalue weighted by atomic mass is 32.2. The summed E-state index contributed by atoms with van der Waals surface area (Å²) in [7, 11) is 0.440. The summed E-state index contributed by atoms with van der Waals surface area (Å²) in [5.41, 5.74) is 0. The number of rotatable bonds is 3. The summed E-state index contributed by atoms with van der Waals surface area (Å²) in [5.74, 6) is 6.41. The van der Waals surface area contributed by atoms with E-state index in [-0.39, 0.29) is 0 Å². The van der Waals surface area contributed by atoms with Crippen molar-refractivity contribution in [2.75, 3.05) is 6.26 Å². The lowest BCUT2D eigenvalue weighted by Crippen LogP contribution is -2.11. The number of hydrogen-bond donors (Lipinski definition) is 0. The van der Waals surface area contributed by atoms with Gasteiger partial charge in [0.1, 0.15) is 0 Å². The Morgan fingerprint density at radius 3 is 2.58 bits per heavy atom. The molecule has 2 saturated carbocycles. The minimum absolute atomic E-state index is 0.440. The van der Waals surface area contributed by atoms with E-state index in [1.165, 1.54) is 38.5 Å². The third-order valence-corrected chi connectivity index (χ3v) is 5.09. The summed E-state index contributed by atoms with van der Waals surface area (Å²) >= 11 is 0. The van der Waals surface area contributed by atoms with Crippen molar-refractivity contribution >= 4 is 16.4 Å². The van der Waals surface area contributed by atoms with Gasteiger partial charge in [-0.05, 0) is 37.4 Å². The predicted molar refractivity (Wildman–Crippen MR) is 59.1 cm³/mol. The van der Waals surface area contributed by atoms with Gasteiger partial charge in [0.25, 0.3) is 0 Å². The lowest BCUT2D eigenvalue weighted by Gasteiger charge is -2.20. The van der Waals surface area contributed by atoms with Crippen LogP contribution in [0.5, 0.6) is 0 Å². The van der Waals surface area contributed by atoms with Crippen LogP contribution in [0, 0.1) is 11.8 Å². The molecule has 70 valence electrons. The molecule has 1 heteroatoms. The SMILES string of the molecule is C=S(C)C1CCCC1CC1CC1. The molecule has 0 aromatic carbocycles. The Morgan fingerprint density at radius 1 is 1.25 bits per heavy atom. The Morgan fingerprint density at radius 2 is 2.00 bits per heavy atom. The van der Waals surface area contributed by atoms with Gasteiger partial charge < -0.3 is 0 Å². The van der Waals surface area contributed by atoms with Crippen LogP contribution in [-0.4, -0.2) is 17.4 Å². The quantitative estimate of drug-likeness (QED) is 0.590. The minimum atomic E-state index is 0.440. The molecule has 0 nitrogen and oxygen atoms in total. The van der Waals surface area contributed by atoms with E-state index in [9.17, 15) is 0 Å². The largest absolute Gasteiger partial charge is 0.193 e. The van der Waals surface area contributed by atoms with Gasteiger partial charge in [-0.15, -0.1) is 0 Å². The molecule has 0 saturated heterocycles. The molecular formula is C11H20S. The van der Waals surface area contributed by atoms with Gasteiger partial charge in [-0.1, -0.05) is 25.1 Å². The van der Waals surface area contributed by atoms with Crippen molar-refractivity contribution in [3.05, 3.63) is 0 Å². The average Bonchev–Trinajstić information content (AvgIpc) is 2.66. The highest BCUT2D eigenvalue weighted by Crippen LogP contribution is 2.45. The van der Waals surface area contributed by atoms with E-state index in [2.05, 4.69) is 12.1 Å². The topological polar surface area (TPSA) is 0 Å². The highest BCUT2D eigenvalue weighted by molar-refractivity contribution is 8.14. The van der Waals surface area contributed by atoms with Crippen LogP contribution in [0.1, 0.15) is 38.5 Å². The third kappa shape index (κ3) is 1.93. The van der Waals surface area contributed by atoms with Gasteiger partial charge in [0.05, 0.1) is 0 Å². The Hall–Kier alpha value is 0.220. The summed E-state index contributed by atoms with van der Waals surface area (Å²) in [5, 5.41) is 0.991. The average molecular weight is 184 g/mol. The third-order valence-electron chi connectivity index (χ3n) is 3.44. The Balaban J connectivity index is 1.88. The monoisotopic (exact) mass is 184 g/mol. The van der Waals surface area contributed by atoms with Crippen molar-refractivity contribution in [2.24, 2.45) is 11.8 Å².